The van der Waals surface area contributed by atoms with E-state index in [1.807, 2.05) is 166 Å². The molecule has 0 spiro atoms. The first-order chi connectivity index (χ1) is 63.1. The normalized spacial score (nSPS) is 11.4. The molecule has 0 bridgehead atoms. The lowest BCUT2D eigenvalue weighted by Crippen LogP contribution is -2.11. The zero-order chi connectivity index (χ0) is 86.0. The lowest BCUT2D eigenvalue weighted by atomic mass is 10.1. The lowest BCUT2D eigenvalue weighted by Gasteiger charge is -2.12. The van der Waals surface area contributed by atoms with Gasteiger partial charge in [0.15, 0.2) is 45.9 Å². The summed E-state index contributed by atoms with van der Waals surface area (Å²) >= 11 is 0. The molecule has 0 unspecified atom stereocenters. The van der Waals surface area contributed by atoms with Crippen LogP contribution in [0.15, 0.2) is 276 Å². The molecule has 0 saturated carbocycles. The number of nitrogens with one attached hydrogen (secondary N) is 9. The zero-order valence-corrected chi connectivity index (χ0v) is 68.2. The standard InChI is InChI=1S/C25H21N9.C24H19N9.C22H15N9.C22H14N8/c1-2-26-9-15-7-16(11-27-10-15)17-8-18-23(33-34-24(18)30-12-17)25-31-21-14-28-13-19(22(21)32-25)20-5-3-4-6-29-20;1-33(2)16-7-14(9-25-11-16)15-8-17-22(31-32-23(17)28-10-15)24-29-20-13-26-12-18(21(20)30-24)19-5-3-4-6-27-19;23-14-5-12(7-24-9-14)13-6-15-20(30-31-21(15)27-8-13)22-28-18-11-25-10-16(19(18)29-22)17-3-1-2-4-26-17;1-2-7-25-17(5-1)16-11-24-12-18-19(16)28-22(27-18)20-15-8-14(10-26-21(15)30-29-20)13-4-3-6-23-9-13/h3-8,10-14,26H,2,9H2,1H3,(H,31,32)(H,30,33,34);3-13H,1-2H3,(H,29,30)(H,28,31,32);1-11H,23H2,(H,28,29)(H,27,30,31);1-12H,(H,27,28)(H,26,29,30). The highest BCUT2D eigenvalue weighted by atomic mass is 15.2. The molecule has 24 aromatic heterocycles. The van der Waals surface area contributed by atoms with E-state index in [1.54, 1.807) is 105 Å². The molecule has 0 saturated heterocycles. The van der Waals surface area contributed by atoms with Crippen molar-refractivity contribution in [3.8, 4) is 136 Å². The Hall–Kier alpha value is -18.3. The van der Waals surface area contributed by atoms with Crippen LogP contribution in [0.3, 0.4) is 0 Å². The van der Waals surface area contributed by atoms with Crippen molar-refractivity contribution in [1.82, 2.24) is 166 Å². The summed E-state index contributed by atoms with van der Waals surface area (Å²) in [6, 6.07) is 41.3. The van der Waals surface area contributed by atoms with Crippen LogP contribution in [-0.2, 0) is 6.54 Å². The number of hydrogen-bond donors (Lipinski definition) is 10. The summed E-state index contributed by atoms with van der Waals surface area (Å²) in [5.74, 6) is 2.65. The van der Waals surface area contributed by atoms with Crippen LogP contribution in [0.2, 0.25) is 0 Å². The Morgan fingerprint density at radius 3 is 0.984 bits per heavy atom. The van der Waals surface area contributed by atoms with Crippen LogP contribution in [0.5, 0.6) is 0 Å². The number of aromatic amines is 8. The van der Waals surface area contributed by atoms with E-state index in [0.29, 0.717) is 51.6 Å². The van der Waals surface area contributed by atoms with Crippen molar-refractivity contribution >= 4 is 99.6 Å². The number of hydrogen-bond acceptors (Lipinski definition) is 27. The highest BCUT2D eigenvalue weighted by Crippen LogP contribution is 2.39. The van der Waals surface area contributed by atoms with Crippen molar-refractivity contribution in [3.63, 3.8) is 0 Å². The van der Waals surface area contributed by atoms with E-state index in [2.05, 4.69) is 177 Å². The maximum absolute atomic E-state index is 5.89. The molecular formula is C93H69N35. The van der Waals surface area contributed by atoms with Gasteiger partial charge in [0, 0.05) is 205 Å². The van der Waals surface area contributed by atoms with E-state index in [1.165, 1.54) is 0 Å². The van der Waals surface area contributed by atoms with E-state index in [4.69, 9.17) is 25.7 Å². The molecule has 0 atom stereocenters. The maximum atomic E-state index is 5.89. The van der Waals surface area contributed by atoms with E-state index in [-0.39, 0.29) is 0 Å². The first-order valence-corrected chi connectivity index (χ1v) is 40.4. The molecule has 0 fully saturated rings. The minimum atomic E-state index is 0.594. The molecule has 24 heterocycles. The van der Waals surface area contributed by atoms with Gasteiger partial charge in [-0.05, 0) is 109 Å². The molecule has 0 aromatic carbocycles. The highest BCUT2D eigenvalue weighted by Gasteiger charge is 2.24. The molecular weight excluding hydrogens is 1610 g/mol. The highest BCUT2D eigenvalue weighted by molar-refractivity contribution is 6.01. The van der Waals surface area contributed by atoms with Gasteiger partial charge in [-0.3, -0.25) is 80.2 Å². The number of nitrogen functional groups attached to an aromatic ring is 1. The first-order valence-electron chi connectivity index (χ1n) is 40.4. The molecule has 24 rings (SSSR count). The van der Waals surface area contributed by atoms with Crippen molar-refractivity contribution in [2.45, 2.75) is 13.5 Å². The fourth-order valence-electron chi connectivity index (χ4n) is 15.0. The topological polar surface area (TPSA) is 477 Å². The third kappa shape index (κ3) is 15.2. The fraction of sp³-hybridized carbons (Fsp3) is 0.0538. The molecule has 35 nitrogen and oxygen atoms in total. The van der Waals surface area contributed by atoms with Crippen LogP contribution in [0.4, 0.5) is 11.4 Å². The van der Waals surface area contributed by atoms with Gasteiger partial charge in [-0.1, -0.05) is 37.3 Å². The Bertz CT molecular complexity index is 8140. The van der Waals surface area contributed by atoms with E-state index >= 15 is 0 Å². The van der Waals surface area contributed by atoms with Gasteiger partial charge in [-0.25, -0.2) is 39.9 Å². The number of nitrogens with two attached hydrogens (primary N) is 1. The molecule has 11 N–H and O–H groups in total. The fourth-order valence-corrected chi connectivity index (χ4v) is 15.0. The minimum Gasteiger partial charge on any atom is -0.397 e. The number of rotatable bonds is 16. The average Bonchev–Trinajstić information content (AvgIpc) is 1.63. The van der Waals surface area contributed by atoms with Gasteiger partial charge in [0.25, 0.3) is 0 Å². The summed E-state index contributed by atoms with van der Waals surface area (Å²) in [5.41, 5.74) is 35.0. The second-order valence-corrected chi connectivity index (χ2v) is 29.7. The molecule has 0 amide bonds. The maximum Gasteiger partial charge on any atom is 0.181 e. The summed E-state index contributed by atoms with van der Waals surface area (Å²) in [6.07, 6.45) is 42.7. The molecule has 0 aliphatic heterocycles. The Balaban J connectivity index is 0.000000104. The largest absolute Gasteiger partial charge is 0.397 e. The number of fused-ring (bicyclic) bond motifs is 8. The van der Waals surface area contributed by atoms with Gasteiger partial charge in [-0.2, -0.15) is 20.4 Å². The average molecular weight is 1680 g/mol. The van der Waals surface area contributed by atoms with Gasteiger partial charge < -0.3 is 35.9 Å². The number of nitrogens with zero attached hydrogens (tertiary/aromatic N) is 25. The molecule has 0 aliphatic carbocycles. The predicted molar refractivity (Wildman–Crippen MR) is 489 cm³/mol. The van der Waals surface area contributed by atoms with Crippen LogP contribution in [0, 0.1) is 0 Å². The molecule has 0 radical (unpaired) electrons. The molecule has 616 valence electrons. The Morgan fingerprint density at radius 1 is 0.305 bits per heavy atom. The van der Waals surface area contributed by atoms with Crippen molar-refractivity contribution in [1.29, 1.82) is 0 Å². The summed E-state index contributed by atoms with van der Waals surface area (Å²) in [4.78, 5) is 105. The lowest BCUT2D eigenvalue weighted by molar-refractivity contribution is 0.724. The van der Waals surface area contributed by atoms with Gasteiger partial charge in [-0.15, -0.1) is 0 Å². The molecule has 35 heteroatoms. The third-order valence-electron chi connectivity index (χ3n) is 21.3. The van der Waals surface area contributed by atoms with Crippen LogP contribution < -0.4 is 16.0 Å². The van der Waals surface area contributed by atoms with E-state index in [9.17, 15) is 0 Å². The molecule has 128 heavy (non-hydrogen) atoms. The van der Waals surface area contributed by atoms with Crippen molar-refractivity contribution in [2.24, 2.45) is 0 Å². The summed E-state index contributed by atoms with van der Waals surface area (Å²) < 4.78 is 0. The van der Waals surface area contributed by atoms with Crippen LogP contribution in [0.25, 0.3) is 224 Å². The summed E-state index contributed by atoms with van der Waals surface area (Å²) in [6.45, 7) is 3.77. The Morgan fingerprint density at radius 2 is 0.641 bits per heavy atom. The second kappa shape index (κ2) is 33.6. The quantitative estimate of drug-likeness (QED) is 0.0429. The van der Waals surface area contributed by atoms with Crippen molar-refractivity contribution in [3.05, 3.63) is 282 Å². The number of aromatic nitrogens is 32. The van der Waals surface area contributed by atoms with Crippen LogP contribution >= 0.6 is 0 Å². The monoisotopic (exact) mass is 1680 g/mol. The number of H-pyrrole nitrogens is 8. The van der Waals surface area contributed by atoms with Crippen LogP contribution in [0.1, 0.15) is 12.5 Å². The zero-order valence-electron chi connectivity index (χ0n) is 68.2. The van der Waals surface area contributed by atoms with Crippen molar-refractivity contribution in [2.75, 3.05) is 31.3 Å². The number of pyridine rings is 16. The Kier molecular flexibility index (Phi) is 20.2. The van der Waals surface area contributed by atoms with Gasteiger partial charge in [0.05, 0.1) is 109 Å². The SMILES string of the molecule is CCNCc1cncc(-c2cnc3n[nH]c(-c4nc5c(-c6ccccn6)cncc5[nH]4)c3c2)c1.CN(C)c1cncc(-c2cnc3n[nH]c(-c4nc5c(-c6ccccn6)cncc5[nH]4)c3c2)c1.Nc1cncc(-c2cnc3n[nH]c(-c4nc5c(-c6ccccn6)cncc5[nH]4)c3c2)c1.c1ccc(-c2cncc3[nH]c(-c4[nH]nc5ncc(-c6cccnc6)cc45)nc23)nc1. The van der Waals surface area contributed by atoms with Gasteiger partial charge in [0.2, 0.25) is 0 Å². The van der Waals surface area contributed by atoms with Crippen LogP contribution in [-0.4, -0.2) is 181 Å². The minimum absolute atomic E-state index is 0.594. The smallest absolute Gasteiger partial charge is 0.181 e. The van der Waals surface area contributed by atoms with Crippen molar-refractivity contribution < 1.29 is 0 Å². The van der Waals surface area contributed by atoms with E-state index in [0.717, 1.165) is 202 Å². The van der Waals surface area contributed by atoms with E-state index < -0.39 is 0 Å². The van der Waals surface area contributed by atoms with Gasteiger partial charge >= 0.3 is 0 Å². The molecule has 0 aliphatic rings. The second-order valence-electron chi connectivity index (χ2n) is 29.7. The summed E-state index contributed by atoms with van der Waals surface area (Å²) in [7, 11) is 3.98. The number of anilines is 2. The number of imidazole rings is 4. The Labute approximate surface area is 723 Å². The predicted octanol–water partition coefficient (Wildman–Crippen LogP) is 15.8. The third-order valence-corrected chi connectivity index (χ3v) is 21.3. The molecule has 24 aromatic rings. The first kappa shape index (κ1) is 77.1. The summed E-state index contributed by atoms with van der Waals surface area (Å²) in [5, 5.41) is 36.6. The van der Waals surface area contributed by atoms with Gasteiger partial charge in [0.1, 0.15) is 44.8 Å².